The zero-order valence-corrected chi connectivity index (χ0v) is 9.39. The Kier molecular flexibility index (Phi) is 2.45. The Hall–Kier alpha value is -2.42. The molecular formula is C15H9FO2. The van der Waals surface area contributed by atoms with Crippen LogP contribution in [-0.2, 0) is 0 Å². The Labute approximate surface area is 103 Å². The molecule has 0 bridgehead atoms. The van der Waals surface area contributed by atoms with Crippen molar-refractivity contribution in [3.05, 3.63) is 60.3 Å². The molecule has 3 aromatic rings. The lowest BCUT2D eigenvalue weighted by Crippen LogP contribution is -1.86. The van der Waals surface area contributed by atoms with Crippen molar-refractivity contribution >= 4 is 17.1 Å². The van der Waals surface area contributed by atoms with E-state index in [4.69, 9.17) is 4.42 Å². The number of hydrogen-bond donors (Lipinski definition) is 0. The smallest absolute Gasteiger partial charge is 0.185 e. The first kappa shape index (κ1) is 10.7. The van der Waals surface area contributed by atoms with Gasteiger partial charge in [0, 0.05) is 10.9 Å². The Balaban J connectivity index is 2.37. The van der Waals surface area contributed by atoms with Gasteiger partial charge in [0.05, 0.1) is 6.26 Å². The third-order valence-electron chi connectivity index (χ3n) is 2.96. The van der Waals surface area contributed by atoms with Gasteiger partial charge in [0.25, 0.3) is 0 Å². The molecule has 1 heterocycles. The fourth-order valence-electron chi connectivity index (χ4n) is 2.13. The lowest BCUT2D eigenvalue weighted by Gasteiger charge is -2.06. The van der Waals surface area contributed by atoms with E-state index in [1.807, 2.05) is 12.1 Å². The highest BCUT2D eigenvalue weighted by atomic mass is 19.1. The van der Waals surface area contributed by atoms with Gasteiger partial charge in [0.1, 0.15) is 5.82 Å². The average molecular weight is 240 g/mol. The van der Waals surface area contributed by atoms with Crippen molar-refractivity contribution < 1.29 is 13.6 Å². The first-order valence-electron chi connectivity index (χ1n) is 5.51. The van der Waals surface area contributed by atoms with Gasteiger partial charge in [0.15, 0.2) is 12.0 Å². The summed E-state index contributed by atoms with van der Waals surface area (Å²) in [5, 5.41) is 1.30. The van der Waals surface area contributed by atoms with E-state index in [1.54, 1.807) is 24.3 Å². The number of carbonyl (C=O) groups is 1. The lowest BCUT2D eigenvalue weighted by atomic mass is 9.98. The number of aldehydes is 1. The molecule has 18 heavy (non-hydrogen) atoms. The molecule has 0 saturated carbocycles. The molecule has 1 aromatic heterocycles. The molecule has 2 aromatic carbocycles. The molecule has 0 spiro atoms. The summed E-state index contributed by atoms with van der Waals surface area (Å²) in [4.78, 5) is 10.9. The largest absolute Gasteiger partial charge is 0.461 e. The third kappa shape index (κ3) is 1.52. The number of furan rings is 1. The van der Waals surface area contributed by atoms with Crippen LogP contribution in [-0.4, -0.2) is 6.29 Å². The molecule has 0 radical (unpaired) electrons. The van der Waals surface area contributed by atoms with Gasteiger partial charge >= 0.3 is 0 Å². The SMILES string of the molecule is O=Cc1occc1-c1ccc(F)c2ccccc12. The number of carbonyl (C=O) groups excluding carboxylic acids is 1. The molecule has 0 fully saturated rings. The van der Waals surface area contributed by atoms with Gasteiger partial charge in [-0.3, -0.25) is 4.79 Å². The van der Waals surface area contributed by atoms with Crippen LogP contribution in [0.5, 0.6) is 0 Å². The summed E-state index contributed by atoms with van der Waals surface area (Å²) in [7, 11) is 0. The molecule has 0 aliphatic rings. The van der Waals surface area contributed by atoms with E-state index in [0.29, 0.717) is 17.2 Å². The van der Waals surface area contributed by atoms with Gasteiger partial charge in [-0.2, -0.15) is 0 Å². The zero-order valence-electron chi connectivity index (χ0n) is 9.39. The highest BCUT2D eigenvalue weighted by Crippen LogP contribution is 2.32. The van der Waals surface area contributed by atoms with Crippen molar-refractivity contribution in [3.63, 3.8) is 0 Å². The molecule has 3 heteroatoms. The number of hydrogen-bond acceptors (Lipinski definition) is 2. The Morgan fingerprint density at radius 2 is 1.72 bits per heavy atom. The van der Waals surface area contributed by atoms with Crippen LogP contribution < -0.4 is 0 Å². The Bertz CT molecular complexity index is 728. The maximum atomic E-state index is 13.7. The lowest BCUT2D eigenvalue weighted by molar-refractivity contribution is 0.110. The van der Waals surface area contributed by atoms with Crippen LogP contribution in [0.1, 0.15) is 10.6 Å². The maximum Gasteiger partial charge on any atom is 0.185 e. The van der Waals surface area contributed by atoms with E-state index >= 15 is 0 Å². The predicted molar refractivity (Wildman–Crippen MR) is 67.0 cm³/mol. The molecule has 0 aliphatic heterocycles. The van der Waals surface area contributed by atoms with E-state index in [-0.39, 0.29) is 11.6 Å². The van der Waals surface area contributed by atoms with Crippen LogP contribution in [0, 0.1) is 5.82 Å². The minimum atomic E-state index is -0.273. The molecule has 3 rings (SSSR count). The van der Waals surface area contributed by atoms with Crippen molar-refractivity contribution in [2.75, 3.05) is 0 Å². The Morgan fingerprint density at radius 1 is 0.944 bits per heavy atom. The second-order valence-corrected chi connectivity index (χ2v) is 3.96. The summed E-state index contributed by atoms with van der Waals surface area (Å²) in [6, 6.07) is 11.9. The van der Waals surface area contributed by atoms with Crippen LogP contribution in [0.25, 0.3) is 21.9 Å². The molecule has 0 aliphatic carbocycles. The maximum absolute atomic E-state index is 13.7. The summed E-state index contributed by atoms with van der Waals surface area (Å²) < 4.78 is 18.8. The zero-order chi connectivity index (χ0) is 12.5. The summed E-state index contributed by atoms with van der Waals surface area (Å²) in [6.45, 7) is 0. The standard InChI is InChI=1S/C15H9FO2/c16-14-6-5-11(10-3-1-2-4-12(10)14)13-7-8-18-15(13)9-17/h1-9H. The van der Waals surface area contributed by atoms with Gasteiger partial charge in [-0.15, -0.1) is 0 Å². The summed E-state index contributed by atoms with van der Waals surface area (Å²) >= 11 is 0. The predicted octanol–water partition coefficient (Wildman–Crippen LogP) is 4.05. The topological polar surface area (TPSA) is 30.2 Å². The molecule has 0 unspecified atom stereocenters. The van der Waals surface area contributed by atoms with Crippen molar-refractivity contribution in [2.24, 2.45) is 0 Å². The highest BCUT2D eigenvalue weighted by molar-refractivity contribution is 6.00. The molecule has 0 atom stereocenters. The Morgan fingerprint density at radius 3 is 2.50 bits per heavy atom. The summed E-state index contributed by atoms with van der Waals surface area (Å²) in [5.74, 6) is -0.0164. The quantitative estimate of drug-likeness (QED) is 0.632. The molecular weight excluding hydrogens is 231 g/mol. The van der Waals surface area contributed by atoms with Crippen LogP contribution in [0.15, 0.2) is 53.1 Å². The number of fused-ring (bicyclic) bond motifs is 1. The number of benzene rings is 2. The third-order valence-corrected chi connectivity index (χ3v) is 2.96. The second-order valence-electron chi connectivity index (χ2n) is 3.96. The molecule has 0 N–H and O–H groups in total. The molecule has 2 nitrogen and oxygen atoms in total. The minimum absolute atomic E-state index is 0.256. The van der Waals surface area contributed by atoms with E-state index < -0.39 is 0 Å². The van der Waals surface area contributed by atoms with Gasteiger partial charge in [-0.25, -0.2) is 4.39 Å². The molecule has 0 amide bonds. The van der Waals surface area contributed by atoms with Gasteiger partial charge in [0.2, 0.25) is 0 Å². The van der Waals surface area contributed by atoms with Crippen LogP contribution in [0.4, 0.5) is 4.39 Å². The van der Waals surface area contributed by atoms with Gasteiger partial charge in [-0.1, -0.05) is 30.3 Å². The van der Waals surface area contributed by atoms with Crippen LogP contribution >= 0.6 is 0 Å². The first-order valence-corrected chi connectivity index (χ1v) is 5.51. The van der Waals surface area contributed by atoms with Crippen molar-refractivity contribution in [3.8, 4) is 11.1 Å². The highest BCUT2D eigenvalue weighted by Gasteiger charge is 2.12. The number of rotatable bonds is 2. The fraction of sp³-hybridized carbons (Fsp3) is 0. The fourth-order valence-corrected chi connectivity index (χ4v) is 2.13. The second kappa shape index (κ2) is 4.11. The summed E-state index contributed by atoms with van der Waals surface area (Å²) in [6.07, 6.45) is 2.12. The monoisotopic (exact) mass is 240 g/mol. The van der Waals surface area contributed by atoms with Crippen LogP contribution in [0.2, 0.25) is 0 Å². The summed E-state index contributed by atoms with van der Waals surface area (Å²) in [5.41, 5.74) is 1.48. The first-order chi connectivity index (χ1) is 8.81. The van der Waals surface area contributed by atoms with Crippen LogP contribution in [0.3, 0.4) is 0 Å². The van der Waals surface area contributed by atoms with Crippen molar-refractivity contribution in [1.82, 2.24) is 0 Å². The molecule has 0 saturated heterocycles. The van der Waals surface area contributed by atoms with Gasteiger partial charge < -0.3 is 4.42 Å². The van der Waals surface area contributed by atoms with E-state index in [2.05, 4.69) is 0 Å². The van der Waals surface area contributed by atoms with Crippen molar-refractivity contribution in [1.29, 1.82) is 0 Å². The molecule has 88 valence electrons. The van der Waals surface area contributed by atoms with E-state index in [0.717, 1.165) is 10.9 Å². The normalized spacial score (nSPS) is 10.7. The van der Waals surface area contributed by atoms with Crippen molar-refractivity contribution in [2.45, 2.75) is 0 Å². The average Bonchev–Trinajstić information content (AvgIpc) is 2.88. The minimum Gasteiger partial charge on any atom is -0.461 e. The van der Waals surface area contributed by atoms with E-state index in [9.17, 15) is 9.18 Å². The van der Waals surface area contributed by atoms with E-state index in [1.165, 1.54) is 12.3 Å². The van der Waals surface area contributed by atoms with Gasteiger partial charge in [-0.05, 0) is 23.1 Å². The number of halogens is 1.